The minimum absolute atomic E-state index is 0.217. The number of thioether (sulfide) groups is 2. The monoisotopic (exact) mass is 526 g/mol. The molecule has 0 fully saturated rings. The van der Waals surface area contributed by atoms with E-state index >= 15 is 0 Å². The minimum atomic E-state index is -1.14. The second kappa shape index (κ2) is 16.4. The van der Waals surface area contributed by atoms with Crippen LogP contribution in [0.5, 0.6) is 0 Å². The van der Waals surface area contributed by atoms with E-state index in [0.717, 1.165) is 5.56 Å². The van der Waals surface area contributed by atoms with Gasteiger partial charge in [-0.3, -0.25) is 14.4 Å². The van der Waals surface area contributed by atoms with E-state index in [1.165, 1.54) is 11.8 Å². The van der Waals surface area contributed by atoms with E-state index in [4.69, 9.17) is 5.73 Å². The van der Waals surface area contributed by atoms with Crippen LogP contribution in [0.15, 0.2) is 30.3 Å². The highest BCUT2D eigenvalue weighted by Gasteiger charge is 2.31. The van der Waals surface area contributed by atoms with Gasteiger partial charge in [0.25, 0.3) is 0 Å². The molecule has 0 saturated heterocycles. The number of hydrogen-bond donors (Lipinski definition) is 5. The van der Waals surface area contributed by atoms with Crippen molar-refractivity contribution in [1.29, 1.82) is 0 Å². The highest BCUT2D eigenvalue weighted by atomic mass is 32.2. The molecule has 0 spiro atoms. The average molecular weight is 527 g/mol. The summed E-state index contributed by atoms with van der Waals surface area (Å²) >= 11 is 3.08. The average Bonchev–Trinajstić information content (AvgIpc) is 2.82. The molecule has 6 N–H and O–H groups in total. The molecule has 4 atom stereocenters. The van der Waals surface area contributed by atoms with Crippen LogP contribution in [-0.2, 0) is 25.6 Å². The summed E-state index contributed by atoms with van der Waals surface area (Å²) < 4.78 is 0. The molecule has 0 saturated carbocycles. The van der Waals surface area contributed by atoms with Gasteiger partial charge in [0.05, 0.1) is 6.04 Å². The van der Waals surface area contributed by atoms with Gasteiger partial charge >= 0.3 is 5.97 Å². The number of benzene rings is 1. The maximum atomic E-state index is 13.3. The van der Waals surface area contributed by atoms with Gasteiger partial charge in [0.1, 0.15) is 18.1 Å². The van der Waals surface area contributed by atoms with Crippen LogP contribution in [0.1, 0.15) is 32.3 Å². The van der Waals surface area contributed by atoms with Gasteiger partial charge < -0.3 is 26.8 Å². The van der Waals surface area contributed by atoms with Crippen molar-refractivity contribution in [1.82, 2.24) is 16.0 Å². The fourth-order valence-corrected chi connectivity index (χ4v) is 4.22. The maximum Gasteiger partial charge on any atom is 0.326 e. The topological polar surface area (TPSA) is 151 Å². The molecule has 0 bridgehead atoms. The molecule has 1 aromatic carbocycles. The Labute approximate surface area is 216 Å². The predicted octanol–water partition coefficient (Wildman–Crippen LogP) is 1.26. The largest absolute Gasteiger partial charge is 0.480 e. The molecule has 0 radical (unpaired) electrons. The molecule has 1 aromatic rings. The molecule has 1 rings (SSSR count). The molecule has 11 heteroatoms. The van der Waals surface area contributed by atoms with E-state index in [1.54, 1.807) is 25.6 Å². The van der Waals surface area contributed by atoms with Gasteiger partial charge in [-0.05, 0) is 48.3 Å². The number of aliphatic carboxylic acids is 1. The Morgan fingerprint density at radius 1 is 0.857 bits per heavy atom. The zero-order valence-corrected chi connectivity index (χ0v) is 22.4. The molecule has 0 aliphatic carbocycles. The number of carbonyl (C=O) groups is 4. The fourth-order valence-electron chi connectivity index (χ4n) is 3.26. The van der Waals surface area contributed by atoms with Gasteiger partial charge in [-0.25, -0.2) is 4.79 Å². The normalized spacial score (nSPS) is 14.5. The van der Waals surface area contributed by atoms with Crippen LogP contribution in [0.3, 0.4) is 0 Å². The van der Waals surface area contributed by atoms with Crippen molar-refractivity contribution in [2.45, 2.75) is 57.3 Å². The summed E-state index contributed by atoms with van der Waals surface area (Å²) in [5.74, 6) is -1.73. The molecule has 35 heavy (non-hydrogen) atoms. The first kappa shape index (κ1) is 30.8. The Morgan fingerprint density at radius 3 is 1.94 bits per heavy atom. The van der Waals surface area contributed by atoms with Gasteiger partial charge in [-0.1, -0.05) is 44.2 Å². The number of carboxylic acid groups (broad SMARTS) is 1. The zero-order chi connectivity index (χ0) is 26.4. The molecule has 3 amide bonds. The van der Waals surface area contributed by atoms with Crippen LogP contribution in [0.4, 0.5) is 0 Å². The highest BCUT2D eigenvalue weighted by molar-refractivity contribution is 7.98. The number of carboxylic acids is 1. The van der Waals surface area contributed by atoms with E-state index in [-0.39, 0.29) is 12.3 Å². The molecular formula is C24H38N4O5S2. The van der Waals surface area contributed by atoms with Crippen molar-refractivity contribution < 1.29 is 24.3 Å². The van der Waals surface area contributed by atoms with Crippen molar-refractivity contribution in [2.75, 3.05) is 24.0 Å². The Hall–Kier alpha value is -2.24. The van der Waals surface area contributed by atoms with Gasteiger partial charge in [0, 0.05) is 6.42 Å². The van der Waals surface area contributed by atoms with Gasteiger partial charge in [-0.2, -0.15) is 23.5 Å². The summed E-state index contributed by atoms with van der Waals surface area (Å²) in [6.07, 6.45) is 4.79. The molecule has 0 heterocycles. The number of carbonyl (C=O) groups excluding carboxylic acids is 3. The smallest absolute Gasteiger partial charge is 0.326 e. The van der Waals surface area contributed by atoms with Gasteiger partial charge in [0.2, 0.25) is 17.7 Å². The number of hydrogen-bond acceptors (Lipinski definition) is 7. The molecular weight excluding hydrogens is 488 g/mol. The lowest BCUT2D eigenvalue weighted by Crippen LogP contribution is -2.58. The summed E-state index contributed by atoms with van der Waals surface area (Å²) in [5.41, 5.74) is 6.83. The third-order valence-electron chi connectivity index (χ3n) is 5.36. The van der Waals surface area contributed by atoms with Crippen LogP contribution >= 0.6 is 23.5 Å². The first-order valence-corrected chi connectivity index (χ1v) is 14.3. The molecule has 4 unspecified atom stereocenters. The fraction of sp³-hybridized carbons (Fsp3) is 0.583. The highest BCUT2D eigenvalue weighted by Crippen LogP contribution is 2.09. The first-order chi connectivity index (χ1) is 16.6. The van der Waals surface area contributed by atoms with Crippen LogP contribution in [0.25, 0.3) is 0 Å². The summed E-state index contributed by atoms with van der Waals surface area (Å²) in [6, 6.07) is 5.48. The van der Waals surface area contributed by atoms with E-state index in [2.05, 4.69) is 16.0 Å². The SMILES string of the molecule is CSCCC(N)C(=O)NC(Cc1ccccc1)C(=O)NC(CCSC)C(=O)NC(C(=O)O)C(C)C. The maximum absolute atomic E-state index is 13.3. The number of amides is 3. The van der Waals surface area contributed by atoms with Gasteiger partial charge in [-0.15, -0.1) is 0 Å². The molecule has 9 nitrogen and oxygen atoms in total. The van der Waals surface area contributed by atoms with Crippen LogP contribution in [-0.4, -0.2) is 77.0 Å². The summed E-state index contributed by atoms with van der Waals surface area (Å²) in [7, 11) is 0. The van der Waals surface area contributed by atoms with E-state index in [9.17, 15) is 24.3 Å². The van der Waals surface area contributed by atoms with Crippen LogP contribution in [0.2, 0.25) is 0 Å². The summed E-state index contributed by atoms with van der Waals surface area (Å²) in [4.78, 5) is 50.4. The quantitative estimate of drug-likeness (QED) is 0.216. The third kappa shape index (κ3) is 11.4. The molecule has 0 aliphatic rings. The Bertz CT molecular complexity index is 825. The minimum Gasteiger partial charge on any atom is -0.480 e. The summed E-state index contributed by atoms with van der Waals surface area (Å²) in [5, 5.41) is 17.4. The second-order valence-electron chi connectivity index (χ2n) is 8.55. The van der Waals surface area contributed by atoms with Crippen molar-refractivity contribution in [3.8, 4) is 0 Å². The van der Waals surface area contributed by atoms with Crippen molar-refractivity contribution in [3.05, 3.63) is 35.9 Å². The zero-order valence-electron chi connectivity index (χ0n) is 20.8. The molecule has 0 aromatic heterocycles. The Balaban J connectivity index is 3.05. The van der Waals surface area contributed by atoms with Gasteiger partial charge in [0.15, 0.2) is 0 Å². The predicted molar refractivity (Wildman–Crippen MR) is 142 cm³/mol. The Kier molecular flexibility index (Phi) is 14.5. The molecule has 196 valence electrons. The lowest BCUT2D eigenvalue weighted by Gasteiger charge is -2.26. The van der Waals surface area contributed by atoms with E-state index < -0.39 is 47.9 Å². The first-order valence-electron chi connectivity index (χ1n) is 11.5. The van der Waals surface area contributed by atoms with E-state index in [0.29, 0.717) is 24.3 Å². The number of nitrogens with one attached hydrogen (secondary N) is 3. The standard InChI is InChI=1S/C24H38N4O5S2/c1-15(2)20(24(32)33)28-22(30)18(11-13-35-4)26-23(31)19(14-16-8-6-5-7-9-16)27-21(29)17(25)10-12-34-3/h5-9,15,17-20H,10-14,25H2,1-4H3,(H,26,31)(H,27,29)(H,28,30)(H,32,33). The van der Waals surface area contributed by atoms with Crippen LogP contribution in [0, 0.1) is 5.92 Å². The lowest BCUT2D eigenvalue weighted by atomic mass is 10.0. The van der Waals surface area contributed by atoms with Crippen molar-refractivity contribution >= 4 is 47.2 Å². The second-order valence-corrected chi connectivity index (χ2v) is 10.5. The Morgan fingerprint density at radius 2 is 1.40 bits per heavy atom. The summed E-state index contributed by atoms with van der Waals surface area (Å²) in [6.45, 7) is 3.39. The number of rotatable bonds is 16. The number of nitrogens with two attached hydrogens (primary N) is 1. The molecule has 0 aliphatic heterocycles. The lowest BCUT2D eigenvalue weighted by molar-refractivity contribution is -0.143. The third-order valence-corrected chi connectivity index (χ3v) is 6.65. The van der Waals surface area contributed by atoms with Crippen molar-refractivity contribution in [3.63, 3.8) is 0 Å². The van der Waals surface area contributed by atoms with Crippen LogP contribution < -0.4 is 21.7 Å². The van der Waals surface area contributed by atoms with Crippen molar-refractivity contribution in [2.24, 2.45) is 11.7 Å². The van der Waals surface area contributed by atoms with E-state index in [1.807, 2.05) is 42.8 Å².